The summed E-state index contributed by atoms with van der Waals surface area (Å²) in [6.07, 6.45) is 0. The highest BCUT2D eigenvalue weighted by atomic mass is 32.2. The van der Waals surface area contributed by atoms with Crippen molar-refractivity contribution < 1.29 is 14.3 Å². The van der Waals surface area contributed by atoms with Gasteiger partial charge < -0.3 is 14.8 Å². The Hall–Kier alpha value is -1.44. The minimum atomic E-state index is -0.354. The van der Waals surface area contributed by atoms with E-state index in [0.717, 1.165) is 31.7 Å². The highest BCUT2D eigenvalue weighted by Crippen LogP contribution is 2.51. The van der Waals surface area contributed by atoms with Crippen molar-refractivity contribution in [3.05, 3.63) is 38.3 Å². The van der Waals surface area contributed by atoms with Gasteiger partial charge in [-0.15, -0.1) is 0 Å². The largest absolute Gasteiger partial charge is 0.497 e. The maximum atomic E-state index is 12.0. The third-order valence-electron chi connectivity index (χ3n) is 3.89. The second-order valence-corrected chi connectivity index (χ2v) is 8.67. The average Bonchev–Trinajstić information content (AvgIpc) is 3.05. The van der Waals surface area contributed by atoms with Crippen LogP contribution in [0.1, 0.15) is 26.3 Å². The first-order chi connectivity index (χ1) is 11.9. The predicted octanol–water partition coefficient (Wildman–Crippen LogP) is 4.82. The predicted molar refractivity (Wildman–Crippen MR) is 110 cm³/mol. The molecule has 132 valence electrons. The van der Waals surface area contributed by atoms with Gasteiger partial charge in [-0.3, -0.25) is 0 Å². The van der Waals surface area contributed by atoms with Crippen LogP contribution in [0.3, 0.4) is 0 Å². The zero-order valence-electron chi connectivity index (χ0n) is 14.5. The minimum absolute atomic E-state index is 0.291. The number of carbonyl (C=O) groups is 1. The molecule has 0 radical (unpaired) electrons. The molecule has 0 saturated carbocycles. The van der Waals surface area contributed by atoms with Gasteiger partial charge in [-0.05, 0) is 44.4 Å². The summed E-state index contributed by atoms with van der Waals surface area (Å²) >= 11 is 8.72. The quantitative estimate of drug-likeness (QED) is 0.449. The van der Waals surface area contributed by atoms with E-state index in [-0.39, 0.29) is 11.5 Å². The van der Waals surface area contributed by atoms with Crippen molar-refractivity contribution in [3.63, 3.8) is 0 Å². The van der Waals surface area contributed by atoms with Crippen LogP contribution >= 0.6 is 35.7 Å². The molecule has 0 aliphatic carbocycles. The van der Waals surface area contributed by atoms with Crippen molar-refractivity contribution in [2.75, 3.05) is 19.0 Å². The summed E-state index contributed by atoms with van der Waals surface area (Å²) in [7, 11) is 1.65. The number of anilines is 1. The van der Waals surface area contributed by atoms with E-state index in [1.807, 2.05) is 23.6 Å². The number of hydrogen-bond donors (Lipinski definition) is 1. The molecule has 4 nitrogen and oxygen atoms in total. The Labute approximate surface area is 161 Å². The standard InChI is InChI=1S/C18H19NO3S3/c1-5-22-16(20)13-9-24-17(25-13)14-11-8-10(21-4)6-7-12(11)19-18(2,3)15(14)23/h6-9,19H,5H2,1-4H3. The lowest BCUT2D eigenvalue weighted by Gasteiger charge is -2.37. The van der Waals surface area contributed by atoms with Crippen LogP contribution in [0.5, 0.6) is 5.75 Å². The molecule has 1 aromatic carbocycles. The van der Waals surface area contributed by atoms with Crippen LogP contribution in [0.15, 0.2) is 32.7 Å². The highest BCUT2D eigenvalue weighted by molar-refractivity contribution is 8.28. The van der Waals surface area contributed by atoms with Gasteiger partial charge in [-0.25, -0.2) is 4.79 Å². The number of rotatable bonds is 3. The Morgan fingerprint density at radius 1 is 1.36 bits per heavy atom. The number of thiocarbonyl (C=S) groups is 1. The normalized spacial score (nSPS) is 21.3. The van der Waals surface area contributed by atoms with Crippen molar-refractivity contribution in [2.45, 2.75) is 26.3 Å². The minimum Gasteiger partial charge on any atom is -0.497 e. The molecule has 0 atom stereocenters. The highest BCUT2D eigenvalue weighted by Gasteiger charge is 2.37. The Bertz CT molecular complexity index is 812. The molecule has 0 fully saturated rings. The van der Waals surface area contributed by atoms with E-state index in [0.29, 0.717) is 11.5 Å². The topological polar surface area (TPSA) is 47.6 Å². The first kappa shape index (κ1) is 18.4. The molecule has 0 amide bonds. The lowest BCUT2D eigenvalue weighted by atomic mass is 9.85. The Kier molecular flexibility index (Phi) is 5.18. The fraction of sp³-hybridized carbons (Fsp3) is 0.333. The van der Waals surface area contributed by atoms with Crippen molar-refractivity contribution >= 4 is 57.8 Å². The molecular formula is C18H19NO3S3. The van der Waals surface area contributed by atoms with Crippen LogP contribution in [0.4, 0.5) is 5.69 Å². The Morgan fingerprint density at radius 2 is 2.12 bits per heavy atom. The number of fused-ring (bicyclic) bond motifs is 1. The SMILES string of the molecule is CCOC(=O)C1=CSC(=C2C(=S)C(C)(C)Nc3ccc(OC)cc32)S1. The van der Waals surface area contributed by atoms with Crippen LogP contribution in [0.2, 0.25) is 0 Å². The first-order valence-corrected chi connectivity index (χ1v) is 9.95. The average molecular weight is 394 g/mol. The zero-order chi connectivity index (χ0) is 18.2. The number of benzene rings is 1. The summed E-state index contributed by atoms with van der Waals surface area (Å²) in [6.45, 7) is 6.29. The summed E-state index contributed by atoms with van der Waals surface area (Å²) in [5, 5.41) is 5.32. The van der Waals surface area contributed by atoms with Crippen LogP contribution in [-0.4, -0.2) is 30.1 Å². The van der Waals surface area contributed by atoms with Crippen LogP contribution in [0, 0.1) is 0 Å². The maximum absolute atomic E-state index is 12.0. The number of nitrogens with one attached hydrogen (secondary N) is 1. The molecule has 3 rings (SSSR count). The van der Waals surface area contributed by atoms with Crippen molar-refractivity contribution in [1.82, 2.24) is 0 Å². The smallest absolute Gasteiger partial charge is 0.345 e. The van der Waals surface area contributed by atoms with E-state index in [9.17, 15) is 4.79 Å². The molecule has 25 heavy (non-hydrogen) atoms. The van der Waals surface area contributed by atoms with Gasteiger partial charge in [-0.1, -0.05) is 35.7 Å². The van der Waals surface area contributed by atoms with Gasteiger partial charge in [0, 0.05) is 21.7 Å². The third kappa shape index (κ3) is 3.45. The van der Waals surface area contributed by atoms with E-state index in [4.69, 9.17) is 21.7 Å². The van der Waals surface area contributed by atoms with E-state index in [1.165, 1.54) is 23.5 Å². The van der Waals surface area contributed by atoms with Crippen LogP contribution in [0.25, 0.3) is 5.57 Å². The monoisotopic (exact) mass is 393 g/mol. The summed E-state index contributed by atoms with van der Waals surface area (Å²) in [6, 6.07) is 5.91. The third-order valence-corrected chi connectivity index (χ3v) is 6.96. The zero-order valence-corrected chi connectivity index (χ0v) is 16.9. The molecule has 7 heteroatoms. The second kappa shape index (κ2) is 7.05. The second-order valence-electron chi connectivity index (χ2n) is 6.08. The Morgan fingerprint density at radius 3 is 2.80 bits per heavy atom. The first-order valence-electron chi connectivity index (χ1n) is 7.85. The van der Waals surface area contributed by atoms with Crippen LogP contribution in [-0.2, 0) is 9.53 Å². The molecule has 2 heterocycles. The fourth-order valence-electron chi connectivity index (χ4n) is 2.65. The molecular weight excluding hydrogens is 374 g/mol. The van der Waals surface area contributed by atoms with Crippen molar-refractivity contribution in [1.29, 1.82) is 0 Å². The van der Waals surface area contributed by atoms with E-state index in [1.54, 1.807) is 14.0 Å². The number of thioether (sulfide) groups is 2. The molecule has 1 aromatic rings. The van der Waals surface area contributed by atoms with Gasteiger partial charge in [-0.2, -0.15) is 0 Å². The number of carbonyl (C=O) groups excluding carboxylic acids is 1. The van der Waals surface area contributed by atoms with Gasteiger partial charge in [0.05, 0.1) is 23.5 Å². The number of hydrogen-bond acceptors (Lipinski definition) is 7. The summed E-state index contributed by atoms with van der Waals surface area (Å²) in [5.74, 6) is 0.480. The van der Waals surface area contributed by atoms with Gasteiger partial charge in [0.2, 0.25) is 0 Å². The van der Waals surface area contributed by atoms with Gasteiger partial charge in [0.25, 0.3) is 0 Å². The summed E-state index contributed by atoms with van der Waals surface area (Å²) in [4.78, 5) is 13.4. The number of methoxy groups -OCH3 is 1. The van der Waals surface area contributed by atoms with Crippen molar-refractivity contribution in [3.8, 4) is 5.75 Å². The lowest BCUT2D eigenvalue weighted by Crippen LogP contribution is -2.43. The number of esters is 1. The molecule has 2 aliphatic heterocycles. The van der Waals surface area contributed by atoms with Gasteiger partial charge in [0.15, 0.2) is 0 Å². The molecule has 0 spiro atoms. The molecule has 0 aromatic heterocycles. The van der Waals surface area contributed by atoms with E-state index >= 15 is 0 Å². The maximum Gasteiger partial charge on any atom is 0.345 e. The van der Waals surface area contributed by atoms with Gasteiger partial charge >= 0.3 is 5.97 Å². The van der Waals surface area contributed by atoms with Crippen molar-refractivity contribution in [2.24, 2.45) is 0 Å². The molecule has 2 aliphatic rings. The van der Waals surface area contributed by atoms with Gasteiger partial charge in [0.1, 0.15) is 10.7 Å². The molecule has 0 bridgehead atoms. The Balaban J connectivity index is 2.06. The van der Waals surface area contributed by atoms with Crippen LogP contribution < -0.4 is 10.1 Å². The fourth-order valence-corrected chi connectivity index (χ4v) is 5.29. The summed E-state index contributed by atoms with van der Waals surface area (Å²) < 4.78 is 11.5. The van der Waals surface area contributed by atoms with E-state index < -0.39 is 0 Å². The lowest BCUT2D eigenvalue weighted by molar-refractivity contribution is -0.137. The van der Waals surface area contributed by atoms with E-state index in [2.05, 4.69) is 19.2 Å². The molecule has 0 saturated heterocycles. The summed E-state index contributed by atoms with van der Waals surface area (Å²) in [5.41, 5.74) is 2.63. The molecule has 1 N–H and O–H groups in total. The molecule has 0 unspecified atom stereocenters. The number of ether oxygens (including phenoxy) is 2.